The van der Waals surface area contributed by atoms with E-state index in [9.17, 15) is 9.50 Å². The first kappa shape index (κ1) is 30.0. The van der Waals surface area contributed by atoms with E-state index in [0.29, 0.717) is 46.1 Å². The molecule has 0 atom stereocenters. The Morgan fingerprint density at radius 3 is 2.47 bits per heavy atom. The molecule has 0 radical (unpaired) electrons. The zero-order chi connectivity index (χ0) is 31.0. The van der Waals surface area contributed by atoms with Crippen molar-refractivity contribution in [1.82, 2.24) is 25.2 Å². The molecule has 0 spiro atoms. The Morgan fingerprint density at radius 1 is 0.978 bits per heavy atom. The molecule has 8 nitrogen and oxygen atoms in total. The molecule has 2 aliphatic heterocycles. The minimum atomic E-state index is -0.631. The Bertz CT molecular complexity index is 1700. The van der Waals surface area contributed by atoms with Crippen molar-refractivity contribution < 1.29 is 18.6 Å². The molecule has 0 bridgehead atoms. The van der Waals surface area contributed by atoms with Crippen LogP contribution < -0.4 is 15.0 Å². The predicted molar refractivity (Wildman–Crippen MR) is 173 cm³/mol. The van der Waals surface area contributed by atoms with E-state index in [1.54, 1.807) is 18.3 Å². The Kier molecular flexibility index (Phi) is 8.44. The molecule has 4 aromatic rings. The number of phenols is 1. The smallest absolute Gasteiger partial charge is 0.319 e. The van der Waals surface area contributed by atoms with E-state index < -0.39 is 5.82 Å². The number of pyridine rings is 1. The number of ether oxygens (including phenoxy) is 1. The first-order chi connectivity index (χ1) is 21.9. The Labute approximate surface area is 262 Å². The molecule has 10 heteroatoms. The maximum Gasteiger partial charge on any atom is 0.319 e. The van der Waals surface area contributed by atoms with Crippen molar-refractivity contribution in [2.45, 2.75) is 58.3 Å². The molecule has 2 saturated heterocycles. The molecule has 2 aromatic heterocycles. The van der Waals surface area contributed by atoms with Crippen LogP contribution in [0.2, 0.25) is 0 Å². The molecule has 7 rings (SSSR count). The van der Waals surface area contributed by atoms with Gasteiger partial charge in [0.25, 0.3) is 0 Å². The van der Waals surface area contributed by atoms with E-state index in [0.717, 1.165) is 84.3 Å². The van der Waals surface area contributed by atoms with Gasteiger partial charge in [-0.05, 0) is 66.6 Å². The molecular formula is C35H42F2N6O2. The van der Waals surface area contributed by atoms with E-state index in [4.69, 9.17) is 9.72 Å². The van der Waals surface area contributed by atoms with Gasteiger partial charge in [0, 0.05) is 63.0 Å². The minimum absolute atomic E-state index is 0.0179. The quantitative estimate of drug-likeness (QED) is 0.241. The van der Waals surface area contributed by atoms with Crippen LogP contribution >= 0.6 is 0 Å². The second-order valence-corrected chi connectivity index (χ2v) is 13.1. The summed E-state index contributed by atoms with van der Waals surface area (Å²) in [5, 5.41) is 15.7. The van der Waals surface area contributed by atoms with E-state index in [1.807, 2.05) is 6.92 Å². The van der Waals surface area contributed by atoms with Gasteiger partial charge in [0.05, 0.1) is 12.0 Å². The normalized spacial score (nSPS) is 19.0. The molecular weight excluding hydrogens is 574 g/mol. The zero-order valence-electron chi connectivity index (χ0n) is 26.0. The fourth-order valence-electron chi connectivity index (χ4n) is 7.09. The summed E-state index contributed by atoms with van der Waals surface area (Å²) in [6, 6.07) is 6.19. The van der Waals surface area contributed by atoms with Crippen LogP contribution in [0.5, 0.6) is 11.8 Å². The van der Waals surface area contributed by atoms with Crippen molar-refractivity contribution in [2.24, 2.45) is 5.41 Å². The van der Waals surface area contributed by atoms with Crippen LogP contribution in [0.4, 0.5) is 14.6 Å². The number of fused-ring (bicyclic) bond motifs is 2. The monoisotopic (exact) mass is 616 g/mol. The largest absolute Gasteiger partial charge is 0.508 e. The van der Waals surface area contributed by atoms with Crippen molar-refractivity contribution >= 4 is 27.5 Å². The molecule has 1 aliphatic carbocycles. The highest BCUT2D eigenvalue weighted by molar-refractivity contribution is 6.01. The van der Waals surface area contributed by atoms with Gasteiger partial charge in [-0.15, -0.1) is 0 Å². The number of nitrogens with one attached hydrogen (secondary N) is 1. The molecule has 2 aromatic carbocycles. The van der Waals surface area contributed by atoms with Gasteiger partial charge >= 0.3 is 6.01 Å². The molecule has 4 heterocycles. The van der Waals surface area contributed by atoms with E-state index in [1.165, 1.54) is 18.6 Å². The summed E-state index contributed by atoms with van der Waals surface area (Å²) in [6.07, 6.45) is 9.79. The number of piperazine rings is 1. The molecule has 1 saturated carbocycles. The standard InChI is InChI=1S/C35H42F2N6O2/c1-2-25-28(36)9-8-23-18-24(44)19-26(29(23)25)31-30(37)32-27(20-39-31)33(43-14-6-4-3-5-7-15-43)41-34(40-32)45-22-35(10-11-35)21-42-16-12-38-13-17-42/h8-9,18-20,38,44H,2-7,10-17,21-22H2,1H3. The second-order valence-electron chi connectivity index (χ2n) is 13.1. The molecule has 238 valence electrons. The summed E-state index contributed by atoms with van der Waals surface area (Å²) in [6.45, 7) is 9.02. The Morgan fingerprint density at radius 2 is 1.73 bits per heavy atom. The number of nitrogens with zero attached hydrogens (tertiary/aromatic N) is 5. The lowest BCUT2D eigenvalue weighted by atomic mass is 9.94. The summed E-state index contributed by atoms with van der Waals surface area (Å²) in [4.78, 5) is 18.9. The summed E-state index contributed by atoms with van der Waals surface area (Å²) in [5.74, 6) is -0.402. The predicted octanol–water partition coefficient (Wildman–Crippen LogP) is 6.23. The maximum absolute atomic E-state index is 16.8. The van der Waals surface area contributed by atoms with Gasteiger partial charge < -0.3 is 25.0 Å². The number of phenolic OH excluding ortho intramolecular Hbond substituents is 1. The SMILES string of the molecule is CCc1c(F)ccc2cc(O)cc(-c3ncc4c(N5CCCCCCC5)nc(OCC5(CN6CCNCC6)CC5)nc4c3F)c12. The lowest BCUT2D eigenvalue weighted by Crippen LogP contribution is -2.46. The third-order valence-electron chi connectivity index (χ3n) is 9.79. The molecule has 0 unspecified atom stereocenters. The summed E-state index contributed by atoms with van der Waals surface area (Å²) < 4.78 is 38.1. The average Bonchev–Trinajstić information content (AvgIpc) is 3.79. The number of aromatic hydroxyl groups is 1. The highest BCUT2D eigenvalue weighted by atomic mass is 19.1. The van der Waals surface area contributed by atoms with E-state index >= 15 is 4.39 Å². The van der Waals surface area contributed by atoms with Gasteiger partial charge in [0.15, 0.2) is 5.82 Å². The van der Waals surface area contributed by atoms with E-state index in [2.05, 4.69) is 25.1 Å². The zero-order valence-corrected chi connectivity index (χ0v) is 26.0. The lowest BCUT2D eigenvalue weighted by Gasteiger charge is -2.31. The number of aromatic nitrogens is 3. The van der Waals surface area contributed by atoms with Gasteiger partial charge in [-0.1, -0.05) is 32.3 Å². The van der Waals surface area contributed by atoms with Crippen molar-refractivity contribution in [3.63, 3.8) is 0 Å². The van der Waals surface area contributed by atoms with Crippen molar-refractivity contribution in [3.05, 3.63) is 47.7 Å². The summed E-state index contributed by atoms with van der Waals surface area (Å²) in [7, 11) is 0. The minimum Gasteiger partial charge on any atom is -0.508 e. The van der Waals surface area contributed by atoms with Crippen LogP contribution in [-0.2, 0) is 6.42 Å². The fraction of sp³-hybridized carbons (Fsp3) is 0.514. The second kappa shape index (κ2) is 12.6. The van der Waals surface area contributed by atoms with Crippen LogP contribution in [-0.4, -0.2) is 77.4 Å². The van der Waals surface area contributed by atoms with Gasteiger partial charge in [0.1, 0.15) is 28.6 Å². The first-order valence-corrected chi connectivity index (χ1v) is 16.6. The van der Waals surface area contributed by atoms with Crippen molar-refractivity contribution in [1.29, 1.82) is 0 Å². The molecule has 2 N–H and O–H groups in total. The number of rotatable bonds is 8. The van der Waals surface area contributed by atoms with Gasteiger partial charge in [-0.25, -0.2) is 8.78 Å². The van der Waals surface area contributed by atoms with Gasteiger partial charge in [-0.3, -0.25) is 4.98 Å². The molecule has 45 heavy (non-hydrogen) atoms. The highest BCUT2D eigenvalue weighted by Gasteiger charge is 2.45. The molecule has 3 fully saturated rings. The third kappa shape index (κ3) is 6.14. The number of hydrogen-bond acceptors (Lipinski definition) is 8. The fourth-order valence-corrected chi connectivity index (χ4v) is 7.09. The molecule has 0 amide bonds. The number of aryl methyl sites for hydroxylation is 1. The van der Waals surface area contributed by atoms with E-state index in [-0.39, 0.29) is 34.2 Å². The summed E-state index contributed by atoms with van der Waals surface area (Å²) >= 11 is 0. The van der Waals surface area contributed by atoms with Crippen LogP contribution in [0.1, 0.15) is 57.4 Å². The topological polar surface area (TPSA) is 86.6 Å². The van der Waals surface area contributed by atoms with Gasteiger partial charge in [0.2, 0.25) is 0 Å². The first-order valence-electron chi connectivity index (χ1n) is 16.6. The van der Waals surface area contributed by atoms with Gasteiger partial charge in [-0.2, -0.15) is 9.97 Å². The highest BCUT2D eigenvalue weighted by Crippen LogP contribution is 2.47. The van der Waals surface area contributed by atoms with Crippen molar-refractivity contribution in [2.75, 3.05) is 57.3 Å². The molecule has 3 aliphatic rings. The van der Waals surface area contributed by atoms with Crippen molar-refractivity contribution in [3.8, 4) is 23.0 Å². The number of anilines is 1. The number of hydrogen-bond donors (Lipinski definition) is 2. The Hall–Kier alpha value is -3.63. The number of halogens is 2. The van der Waals surface area contributed by atoms with Crippen LogP contribution in [0.15, 0.2) is 30.5 Å². The van der Waals surface area contributed by atoms with Crippen LogP contribution in [0.3, 0.4) is 0 Å². The lowest BCUT2D eigenvalue weighted by molar-refractivity contribution is 0.144. The van der Waals surface area contributed by atoms with Crippen LogP contribution in [0.25, 0.3) is 32.9 Å². The average molecular weight is 617 g/mol. The Balaban J connectivity index is 1.31. The van der Waals surface area contributed by atoms with Crippen LogP contribution in [0, 0.1) is 17.0 Å². The number of benzene rings is 2. The summed E-state index contributed by atoms with van der Waals surface area (Å²) in [5.41, 5.74) is 1.00. The third-order valence-corrected chi connectivity index (χ3v) is 9.79. The maximum atomic E-state index is 16.8.